The van der Waals surface area contributed by atoms with Gasteiger partial charge in [-0.05, 0) is 31.4 Å². The van der Waals surface area contributed by atoms with Gasteiger partial charge in [0.1, 0.15) is 11.5 Å². The first-order valence-corrected chi connectivity index (χ1v) is 5.52. The largest absolute Gasteiger partial charge is 0.377 e. The van der Waals surface area contributed by atoms with Crippen LogP contribution < -0.4 is 11.1 Å². The van der Waals surface area contributed by atoms with E-state index in [-0.39, 0.29) is 17.8 Å². The molecule has 1 aliphatic carbocycles. The summed E-state index contributed by atoms with van der Waals surface area (Å²) >= 11 is 0. The first kappa shape index (κ1) is 11.8. The average molecular weight is 239 g/mol. The van der Waals surface area contributed by atoms with Gasteiger partial charge in [-0.15, -0.1) is 0 Å². The Morgan fingerprint density at radius 3 is 2.82 bits per heavy atom. The number of nitrogens with zero attached hydrogens (tertiary/aromatic N) is 1. The van der Waals surface area contributed by atoms with Crippen molar-refractivity contribution in [3.63, 3.8) is 0 Å². The molecule has 1 fully saturated rings. The number of hydrogen-bond donors (Lipinski definition) is 2. The number of benzene rings is 1. The smallest absolute Gasteiger partial charge is 0.295 e. The molecule has 5 nitrogen and oxygen atoms in total. The van der Waals surface area contributed by atoms with Crippen molar-refractivity contribution in [3.05, 3.63) is 34.1 Å². The molecule has 17 heavy (non-hydrogen) atoms. The molecule has 2 rings (SSSR count). The number of rotatable bonds is 3. The van der Waals surface area contributed by atoms with Gasteiger partial charge in [-0.25, -0.2) is 4.39 Å². The zero-order valence-corrected chi connectivity index (χ0v) is 9.23. The zero-order valence-electron chi connectivity index (χ0n) is 9.23. The van der Waals surface area contributed by atoms with Crippen LogP contribution in [0, 0.1) is 15.9 Å². The second kappa shape index (κ2) is 4.67. The molecule has 92 valence electrons. The Morgan fingerprint density at radius 2 is 2.24 bits per heavy atom. The van der Waals surface area contributed by atoms with Crippen molar-refractivity contribution in [2.24, 2.45) is 5.73 Å². The van der Waals surface area contributed by atoms with Crippen molar-refractivity contribution >= 4 is 11.4 Å². The third kappa shape index (κ3) is 2.71. The van der Waals surface area contributed by atoms with Gasteiger partial charge < -0.3 is 11.1 Å². The SMILES string of the molecule is NC1CCC(Nc2ccc(F)cc2[N+](=O)[O-])C1. The lowest BCUT2D eigenvalue weighted by Gasteiger charge is -2.13. The second-order valence-corrected chi connectivity index (χ2v) is 4.33. The summed E-state index contributed by atoms with van der Waals surface area (Å²) in [5, 5.41) is 13.8. The molecular formula is C11H14FN3O2. The highest BCUT2D eigenvalue weighted by molar-refractivity contribution is 5.61. The fourth-order valence-electron chi connectivity index (χ4n) is 2.15. The topological polar surface area (TPSA) is 81.2 Å². The molecule has 0 bridgehead atoms. The molecule has 1 aromatic rings. The predicted molar refractivity (Wildman–Crippen MR) is 62.3 cm³/mol. The van der Waals surface area contributed by atoms with E-state index in [9.17, 15) is 14.5 Å². The molecule has 1 aromatic carbocycles. The van der Waals surface area contributed by atoms with E-state index in [0.717, 1.165) is 25.3 Å². The molecule has 3 N–H and O–H groups in total. The maximum absolute atomic E-state index is 12.9. The fourth-order valence-corrected chi connectivity index (χ4v) is 2.15. The number of nitrogens with one attached hydrogen (secondary N) is 1. The summed E-state index contributed by atoms with van der Waals surface area (Å²) in [4.78, 5) is 10.2. The van der Waals surface area contributed by atoms with E-state index >= 15 is 0 Å². The second-order valence-electron chi connectivity index (χ2n) is 4.33. The average Bonchev–Trinajstić information content (AvgIpc) is 2.66. The van der Waals surface area contributed by atoms with E-state index < -0.39 is 10.7 Å². The minimum Gasteiger partial charge on any atom is -0.377 e. The Labute approximate surface area is 98.0 Å². The molecule has 2 atom stereocenters. The van der Waals surface area contributed by atoms with Gasteiger partial charge in [0, 0.05) is 12.1 Å². The molecule has 0 aliphatic heterocycles. The molecule has 0 saturated heterocycles. The maximum Gasteiger partial charge on any atom is 0.295 e. The van der Waals surface area contributed by atoms with Crippen molar-refractivity contribution in [2.45, 2.75) is 31.3 Å². The Balaban J connectivity index is 2.17. The van der Waals surface area contributed by atoms with E-state index in [1.165, 1.54) is 12.1 Å². The first-order valence-electron chi connectivity index (χ1n) is 5.52. The lowest BCUT2D eigenvalue weighted by Crippen LogP contribution is -2.21. The van der Waals surface area contributed by atoms with Crippen LogP contribution in [0.15, 0.2) is 18.2 Å². The van der Waals surface area contributed by atoms with Crippen LogP contribution in [-0.2, 0) is 0 Å². The highest BCUT2D eigenvalue weighted by Gasteiger charge is 2.24. The summed E-state index contributed by atoms with van der Waals surface area (Å²) in [6.45, 7) is 0. The molecule has 1 saturated carbocycles. The van der Waals surface area contributed by atoms with Crippen molar-refractivity contribution < 1.29 is 9.31 Å². The monoisotopic (exact) mass is 239 g/mol. The van der Waals surface area contributed by atoms with E-state index in [1.807, 2.05) is 0 Å². The summed E-state index contributed by atoms with van der Waals surface area (Å²) in [6.07, 6.45) is 2.58. The molecule has 0 heterocycles. The predicted octanol–water partition coefficient (Wildman–Crippen LogP) is 2.03. The van der Waals surface area contributed by atoms with Gasteiger partial charge >= 0.3 is 0 Å². The van der Waals surface area contributed by atoms with Crippen LogP contribution in [0.5, 0.6) is 0 Å². The number of nitrogens with two attached hydrogens (primary N) is 1. The molecule has 0 spiro atoms. The third-order valence-electron chi connectivity index (χ3n) is 2.99. The normalized spacial score (nSPS) is 23.6. The van der Waals surface area contributed by atoms with Crippen LogP contribution in [0.2, 0.25) is 0 Å². The van der Waals surface area contributed by atoms with Crippen LogP contribution in [0.25, 0.3) is 0 Å². The van der Waals surface area contributed by atoms with Crippen LogP contribution >= 0.6 is 0 Å². The van der Waals surface area contributed by atoms with Crippen molar-refractivity contribution in [1.82, 2.24) is 0 Å². The molecule has 6 heteroatoms. The highest BCUT2D eigenvalue weighted by atomic mass is 19.1. The van der Waals surface area contributed by atoms with E-state index in [0.29, 0.717) is 5.69 Å². The summed E-state index contributed by atoms with van der Waals surface area (Å²) in [6, 6.07) is 3.82. The minimum absolute atomic E-state index is 0.133. The van der Waals surface area contributed by atoms with Crippen LogP contribution in [0.1, 0.15) is 19.3 Å². The minimum atomic E-state index is -0.606. The number of anilines is 1. The Hall–Kier alpha value is -1.69. The quantitative estimate of drug-likeness (QED) is 0.624. The lowest BCUT2D eigenvalue weighted by molar-refractivity contribution is -0.384. The fraction of sp³-hybridized carbons (Fsp3) is 0.455. The highest BCUT2D eigenvalue weighted by Crippen LogP contribution is 2.29. The van der Waals surface area contributed by atoms with Crippen molar-refractivity contribution in [3.8, 4) is 0 Å². The van der Waals surface area contributed by atoms with Gasteiger partial charge in [0.25, 0.3) is 5.69 Å². The van der Waals surface area contributed by atoms with Gasteiger partial charge in [0.2, 0.25) is 0 Å². The van der Waals surface area contributed by atoms with E-state index in [2.05, 4.69) is 5.32 Å². The van der Waals surface area contributed by atoms with Gasteiger partial charge in [-0.3, -0.25) is 10.1 Å². The van der Waals surface area contributed by atoms with E-state index in [4.69, 9.17) is 5.73 Å². The Kier molecular flexibility index (Phi) is 3.23. The number of hydrogen-bond acceptors (Lipinski definition) is 4. The molecule has 0 aromatic heterocycles. The van der Waals surface area contributed by atoms with Crippen LogP contribution in [0.3, 0.4) is 0 Å². The van der Waals surface area contributed by atoms with Crippen LogP contribution in [-0.4, -0.2) is 17.0 Å². The summed E-state index contributed by atoms with van der Waals surface area (Å²) in [5.41, 5.74) is 5.89. The zero-order chi connectivity index (χ0) is 12.4. The van der Waals surface area contributed by atoms with Gasteiger partial charge in [0.05, 0.1) is 11.0 Å². The number of nitro groups is 1. The molecule has 1 aliphatic rings. The molecule has 2 unspecified atom stereocenters. The van der Waals surface area contributed by atoms with Crippen LogP contribution in [0.4, 0.5) is 15.8 Å². The van der Waals surface area contributed by atoms with Crippen molar-refractivity contribution in [2.75, 3.05) is 5.32 Å². The molecule has 0 amide bonds. The van der Waals surface area contributed by atoms with Crippen molar-refractivity contribution in [1.29, 1.82) is 0 Å². The summed E-state index contributed by atoms with van der Waals surface area (Å²) in [5.74, 6) is -0.606. The lowest BCUT2D eigenvalue weighted by atomic mass is 10.2. The Bertz CT molecular complexity index is 439. The van der Waals surface area contributed by atoms with Gasteiger partial charge in [-0.2, -0.15) is 0 Å². The first-order chi connectivity index (χ1) is 8.06. The van der Waals surface area contributed by atoms with Gasteiger partial charge in [-0.1, -0.05) is 0 Å². The number of nitro benzene ring substituents is 1. The third-order valence-corrected chi connectivity index (χ3v) is 2.99. The molecule has 0 radical (unpaired) electrons. The number of halogens is 1. The van der Waals surface area contributed by atoms with Gasteiger partial charge in [0.15, 0.2) is 0 Å². The maximum atomic E-state index is 12.9. The summed E-state index contributed by atoms with van der Waals surface area (Å²) < 4.78 is 12.9. The standard InChI is InChI=1S/C11H14FN3O2/c12-7-1-4-10(11(5-7)15(16)17)14-9-3-2-8(13)6-9/h1,4-5,8-9,14H,2-3,6,13H2. The Morgan fingerprint density at radius 1 is 1.47 bits per heavy atom. The summed E-state index contributed by atoms with van der Waals surface area (Å²) in [7, 11) is 0. The molecular weight excluding hydrogens is 225 g/mol. The van der Waals surface area contributed by atoms with E-state index in [1.54, 1.807) is 0 Å².